The molecule has 2 unspecified atom stereocenters. The van der Waals surface area contributed by atoms with Gasteiger partial charge in [-0.05, 0) is 40.2 Å². The normalized spacial score (nSPS) is 27.3. The summed E-state index contributed by atoms with van der Waals surface area (Å²) in [6, 6.07) is 1.08. The minimum atomic E-state index is -0.578. The highest BCUT2D eigenvalue weighted by Crippen LogP contribution is 2.24. The number of esters is 1. The summed E-state index contributed by atoms with van der Waals surface area (Å²) in [6.45, 7) is 10.4. The summed E-state index contributed by atoms with van der Waals surface area (Å²) in [5.74, 6) is -0.108. The van der Waals surface area contributed by atoms with Crippen LogP contribution in [0.15, 0.2) is 0 Å². The summed E-state index contributed by atoms with van der Waals surface area (Å²) in [7, 11) is 2.19. The third-order valence-electron chi connectivity index (χ3n) is 4.70. The van der Waals surface area contributed by atoms with E-state index in [4.69, 9.17) is 4.74 Å². The Morgan fingerprint density at radius 3 is 2.62 bits per heavy atom. The van der Waals surface area contributed by atoms with E-state index < -0.39 is 5.54 Å². The van der Waals surface area contributed by atoms with E-state index in [1.165, 1.54) is 12.8 Å². The van der Waals surface area contributed by atoms with Gasteiger partial charge in [-0.25, -0.2) is 0 Å². The molecule has 5 heteroatoms. The largest absolute Gasteiger partial charge is 0.465 e. The van der Waals surface area contributed by atoms with Gasteiger partial charge in [0.2, 0.25) is 0 Å². The predicted octanol–water partition coefficient (Wildman–Crippen LogP) is 1.09. The molecule has 0 aromatic carbocycles. The van der Waals surface area contributed by atoms with Crippen molar-refractivity contribution in [3.63, 3.8) is 0 Å². The maximum Gasteiger partial charge on any atom is 0.327 e. The quantitative estimate of drug-likeness (QED) is 0.713. The highest BCUT2D eigenvalue weighted by Gasteiger charge is 2.41. The van der Waals surface area contributed by atoms with Crippen LogP contribution >= 0.6 is 0 Å². The van der Waals surface area contributed by atoms with E-state index >= 15 is 0 Å². The molecule has 2 fully saturated rings. The van der Waals surface area contributed by atoms with Crippen molar-refractivity contribution in [3.8, 4) is 0 Å². The van der Waals surface area contributed by atoms with Crippen molar-refractivity contribution in [2.45, 2.75) is 57.7 Å². The zero-order valence-corrected chi connectivity index (χ0v) is 14.0. The second-order valence-corrected chi connectivity index (χ2v) is 6.75. The topological polar surface area (TPSA) is 44.8 Å². The summed E-state index contributed by atoms with van der Waals surface area (Å²) >= 11 is 0. The second kappa shape index (κ2) is 7.07. The van der Waals surface area contributed by atoms with Gasteiger partial charge in [0.1, 0.15) is 5.54 Å². The molecule has 0 radical (unpaired) electrons. The van der Waals surface area contributed by atoms with E-state index in [0.29, 0.717) is 18.7 Å². The Labute approximate surface area is 129 Å². The van der Waals surface area contributed by atoms with Crippen molar-refractivity contribution < 1.29 is 9.53 Å². The average molecular weight is 297 g/mol. The lowest BCUT2D eigenvalue weighted by Gasteiger charge is -2.42. The number of carbonyl (C=O) groups excluding carboxylic acids is 1. The Bertz CT molecular complexity index is 359. The SMILES string of the molecule is CCOC(=O)C(C)(CN1CCN(C)C(CC)C1)NC1CC1. The number of hydrogen-bond acceptors (Lipinski definition) is 5. The smallest absolute Gasteiger partial charge is 0.327 e. The molecule has 122 valence electrons. The van der Waals surface area contributed by atoms with Crippen molar-refractivity contribution in [3.05, 3.63) is 0 Å². The molecular weight excluding hydrogens is 266 g/mol. The zero-order valence-electron chi connectivity index (χ0n) is 14.0. The molecule has 1 N–H and O–H groups in total. The van der Waals surface area contributed by atoms with Gasteiger partial charge in [0.05, 0.1) is 6.61 Å². The molecule has 0 aromatic rings. The Hall–Kier alpha value is -0.650. The number of ether oxygens (including phenoxy) is 1. The van der Waals surface area contributed by atoms with Crippen molar-refractivity contribution in [1.29, 1.82) is 0 Å². The maximum absolute atomic E-state index is 12.4. The summed E-state index contributed by atoms with van der Waals surface area (Å²) in [6.07, 6.45) is 3.50. The highest BCUT2D eigenvalue weighted by molar-refractivity contribution is 5.80. The fourth-order valence-corrected chi connectivity index (χ4v) is 3.18. The van der Waals surface area contributed by atoms with Crippen LogP contribution in [0.3, 0.4) is 0 Å². The van der Waals surface area contributed by atoms with Gasteiger partial charge in [-0.2, -0.15) is 0 Å². The molecule has 1 saturated carbocycles. The monoisotopic (exact) mass is 297 g/mol. The zero-order chi connectivity index (χ0) is 15.5. The van der Waals surface area contributed by atoms with Crippen LogP contribution in [0, 0.1) is 0 Å². The molecule has 21 heavy (non-hydrogen) atoms. The molecule has 2 atom stereocenters. The Balaban J connectivity index is 1.98. The average Bonchev–Trinajstić information content (AvgIpc) is 3.25. The van der Waals surface area contributed by atoms with Gasteiger partial charge in [-0.1, -0.05) is 6.92 Å². The van der Waals surface area contributed by atoms with Crippen LogP contribution in [-0.2, 0) is 9.53 Å². The first-order chi connectivity index (χ1) is 9.98. The summed E-state index contributed by atoms with van der Waals surface area (Å²) in [5.41, 5.74) is -0.578. The highest BCUT2D eigenvalue weighted by atomic mass is 16.5. The number of likely N-dealkylation sites (N-methyl/N-ethyl adjacent to an activating group) is 1. The Kier molecular flexibility index (Phi) is 5.63. The van der Waals surface area contributed by atoms with E-state index in [2.05, 4.69) is 29.1 Å². The molecule has 1 aliphatic carbocycles. The van der Waals surface area contributed by atoms with Crippen LogP contribution in [0.1, 0.15) is 40.0 Å². The lowest BCUT2D eigenvalue weighted by atomic mass is 9.99. The lowest BCUT2D eigenvalue weighted by Crippen LogP contribution is -2.62. The first kappa shape index (κ1) is 16.7. The van der Waals surface area contributed by atoms with Gasteiger partial charge >= 0.3 is 5.97 Å². The molecule has 1 heterocycles. The Morgan fingerprint density at radius 2 is 2.05 bits per heavy atom. The number of piperazine rings is 1. The Morgan fingerprint density at radius 1 is 1.33 bits per heavy atom. The van der Waals surface area contributed by atoms with Crippen molar-refractivity contribution >= 4 is 5.97 Å². The first-order valence-electron chi connectivity index (χ1n) is 8.36. The van der Waals surface area contributed by atoms with E-state index in [1.807, 2.05) is 13.8 Å². The molecule has 0 amide bonds. The molecule has 0 aromatic heterocycles. The summed E-state index contributed by atoms with van der Waals surface area (Å²) < 4.78 is 5.31. The minimum absolute atomic E-state index is 0.108. The third kappa shape index (κ3) is 4.41. The van der Waals surface area contributed by atoms with Crippen LogP contribution in [0.5, 0.6) is 0 Å². The molecular formula is C16H31N3O2. The minimum Gasteiger partial charge on any atom is -0.465 e. The van der Waals surface area contributed by atoms with E-state index in [0.717, 1.165) is 32.6 Å². The van der Waals surface area contributed by atoms with Crippen molar-refractivity contribution in [1.82, 2.24) is 15.1 Å². The fourth-order valence-electron chi connectivity index (χ4n) is 3.18. The van der Waals surface area contributed by atoms with Crippen LogP contribution < -0.4 is 5.32 Å². The molecule has 5 nitrogen and oxygen atoms in total. The lowest BCUT2D eigenvalue weighted by molar-refractivity contribution is -0.151. The fraction of sp³-hybridized carbons (Fsp3) is 0.938. The number of nitrogens with one attached hydrogen (secondary N) is 1. The van der Waals surface area contributed by atoms with E-state index in [-0.39, 0.29) is 5.97 Å². The van der Waals surface area contributed by atoms with Crippen molar-refractivity contribution in [2.75, 3.05) is 39.8 Å². The summed E-state index contributed by atoms with van der Waals surface area (Å²) in [5, 5.41) is 3.51. The van der Waals surface area contributed by atoms with Gasteiger partial charge in [-0.15, -0.1) is 0 Å². The number of nitrogens with zero attached hydrogens (tertiary/aromatic N) is 2. The molecule has 1 aliphatic heterocycles. The second-order valence-electron chi connectivity index (χ2n) is 6.75. The van der Waals surface area contributed by atoms with Crippen molar-refractivity contribution in [2.24, 2.45) is 0 Å². The number of hydrogen-bond donors (Lipinski definition) is 1. The van der Waals surface area contributed by atoms with E-state index in [9.17, 15) is 4.79 Å². The maximum atomic E-state index is 12.4. The van der Waals surface area contributed by atoms with Crippen LogP contribution in [0.25, 0.3) is 0 Å². The van der Waals surface area contributed by atoms with Crippen LogP contribution in [0.2, 0.25) is 0 Å². The van der Waals surface area contributed by atoms with Gasteiger partial charge in [0.15, 0.2) is 0 Å². The number of rotatable bonds is 7. The van der Waals surface area contributed by atoms with Gasteiger partial charge in [0.25, 0.3) is 0 Å². The standard InChI is InChI=1S/C16H31N3O2/c1-5-14-11-19(10-9-18(14)4)12-16(3,15(20)21-6-2)17-13-7-8-13/h13-14,17H,5-12H2,1-4H3. The summed E-state index contributed by atoms with van der Waals surface area (Å²) in [4.78, 5) is 17.2. The molecule has 2 rings (SSSR count). The van der Waals surface area contributed by atoms with Crippen LogP contribution in [0.4, 0.5) is 0 Å². The van der Waals surface area contributed by atoms with Gasteiger partial charge < -0.3 is 9.64 Å². The first-order valence-corrected chi connectivity index (χ1v) is 8.36. The third-order valence-corrected chi connectivity index (χ3v) is 4.70. The molecule has 1 saturated heterocycles. The van der Waals surface area contributed by atoms with E-state index in [1.54, 1.807) is 0 Å². The molecule has 0 bridgehead atoms. The van der Waals surface area contributed by atoms with Gasteiger partial charge in [-0.3, -0.25) is 15.0 Å². The predicted molar refractivity (Wildman–Crippen MR) is 84.3 cm³/mol. The number of carbonyl (C=O) groups is 1. The molecule has 2 aliphatic rings. The van der Waals surface area contributed by atoms with Gasteiger partial charge in [0, 0.05) is 38.3 Å². The molecule has 0 spiro atoms. The van der Waals surface area contributed by atoms with Crippen LogP contribution in [-0.4, -0.2) is 73.2 Å².